The van der Waals surface area contributed by atoms with Crippen LogP contribution in [0.5, 0.6) is 0 Å². The smallest absolute Gasteiger partial charge is 0.410 e. The van der Waals surface area contributed by atoms with E-state index in [2.05, 4.69) is 0 Å². The first-order valence-corrected chi connectivity index (χ1v) is 5.19. The molecule has 1 aliphatic heterocycles. The van der Waals surface area contributed by atoms with E-state index >= 15 is 0 Å². The van der Waals surface area contributed by atoms with Gasteiger partial charge < -0.3 is 20.1 Å². The molecule has 0 aromatic rings. The largest absolute Gasteiger partial charge is 0.442 e. The van der Waals surface area contributed by atoms with E-state index in [4.69, 9.17) is 15.2 Å². The van der Waals surface area contributed by atoms with Gasteiger partial charge in [0.05, 0.1) is 12.6 Å². The Bertz CT molecular complexity index is 231. The number of hydrogen-bond acceptors (Lipinski definition) is 4. The van der Waals surface area contributed by atoms with Gasteiger partial charge in [-0.2, -0.15) is 0 Å². The van der Waals surface area contributed by atoms with Gasteiger partial charge in [-0.1, -0.05) is 0 Å². The Labute approximate surface area is 90.5 Å². The summed E-state index contributed by atoms with van der Waals surface area (Å²) < 4.78 is 10.4. The van der Waals surface area contributed by atoms with Crippen LogP contribution in [-0.2, 0) is 9.47 Å². The average Bonchev–Trinajstić information content (AvgIpc) is 2.65. The highest BCUT2D eigenvalue weighted by Gasteiger charge is 2.30. The highest BCUT2D eigenvalue weighted by Crippen LogP contribution is 2.16. The van der Waals surface area contributed by atoms with Gasteiger partial charge >= 0.3 is 6.09 Å². The lowest BCUT2D eigenvalue weighted by atomic mass is 10.1. The van der Waals surface area contributed by atoms with Crippen LogP contribution in [0.1, 0.15) is 20.3 Å². The van der Waals surface area contributed by atoms with Gasteiger partial charge in [0.15, 0.2) is 0 Å². The van der Waals surface area contributed by atoms with Gasteiger partial charge in [-0.25, -0.2) is 4.79 Å². The zero-order chi connectivity index (χ0) is 11.5. The molecule has 88 valence electrons. The van der Waals surface area contributed by atoms with Crippen LogP contribution in [0.2, 0.25) is 0 Å². The number of ether oxygens (including phenoxy) is 2. The van der Waals surface area contributed by atoms with Gasteiger partial charge in [0.25, 0.3) is 0 Å². The molecule has 0 aliphatic carbocycles. The molecule has 15 heavy (non-hydrogen) atoms. The van der Waals surface area contributed by atoms with Gasteiger partial charge in [-0.05, 0) is 20.3 Å². The molecule has 2 N–H and O–H groups in total. The molecule has 1 saturated heterocycles. The van der Waals surface area contributed by atoms with E-state index < -0.39 is 5.60 Å². The second-order valence-corrected chi connectivity index (χ2v) is 4.42. The van der Waals surface area contributed by atoms with Crippen LogP contribution in [0.15, 0.2) is 0 Å². The number of hydrogen-bond donors (Lipinski definition) is 1. The number of amides is 1. The molecular weight excluding hydrogens is 196 g/mol. The first kappa shape index (κ1) is 12.3. The summed E-state index contributed by atoms with van der Waals surface area (Å²) >= 11 is 0. The monoisotopic (exact) mass is 216 g/mol. The highest BCUT2D eigenvalue weighted by atomic mass is 16.6. The molecule has 0 aromatic carbocycles. The fourth-order valence-electron chi connectivity index (χ4n) is 1.43. The Kier molecular flexibility index (Phi) is 3.93. The van der Waals surface area contributed by atoms with Crippen LogP contribution >= 0.6 is 0 Å². The third-order valence-corrected chi connectivity index (χ3v) is 2.59. The predicted molar refractivity (Wildman–Crippen MR) is 56.6 cm³/mol. The maximum atomic E-state index is 11.7. The molecule has 0 bridgehead atoms. The number of rotatable bonds is 3. The van der Waals surface area contributed by atoms with E-state index in [-0.39, 0.29) is 12.2 Å². The van der Waals surface area contributed by atoms with Crippen molar-refractivity contribution in [2.75, 3.05) is 26.7 Å². The number of methoxy groups -OCH3 is 1. The molecule has 1 fully saturated rings. The van der Waals surface area contributed by atoms with Crippen LogP contribution in [0.4, 0.5) is 4.79 Å². The number of nitrogens with zero attached hydrogens (tertiary/aromatic N) is 1. The second kappa shape index (κ2) is 4.81. The van der Waals surface area contributed by atoms with E-state index in [1.54, 1.807) is 25.9 Å². The standard InChI is InChI=1S/C10H20N2O3/c1-10(2,7-11)15-9(13)12-5-4-8(6-12)14-3/h8H,4-7,11H2,1-3H3. The average molecular weight is 216 g/mol. The molecule has 5 nitrogen and oxygen atoms in total. The SMILES string of the molecule is COC1CCN(C(=O)OC(C)(C)CN)C1. The van der Waals surface area contributed by atoms with Crippen LogP contribution in [0.25, 0.3) is 0 Å². The lowest BCUT2D eigenvalue weighted by molar-refractivity contribution is 0.0195. The van der Waals surface area contributed by atoms with E-state index in [9.17, 15) is 4.79 Å². The maximum Gasteiger partial charge on any atom is 0.410 e. The zero-order valence-corrected chi connectivity index (χ0v) is 9.66. The van der Waals surface area contributed by atoms with Crippen LogP contribution in [0.3, 0.4) is 0 Å². The predicted octanol–water partition coefficient (Wildman–Crippen LogP) is 0.581. The quantitative estimate of drug-likeness (QED) is 0.749. The zero-order valence-electron chi connectivity index (χ0n) is 9.66. The highest BCUT2D eigenvalue weighted by molar-refractivity contribution is 5.68. The fourth-order valence-corrected chi connectivity index (χ4v) is 1.43. The van der Waals surface area contributed by atoms with Crippen molar-refractivity contribution in [1.82, 2.24) is 4.90 Å². The Morgan fingerprint density at radius 2 is 2.27 bits per heavy atom. The number of nitrogens with two attached hydrogens (primary N) is 1. The van der Waals surface area contributed by atoms with Crippen molar-refractivity contribution in [2.24, 2.45) is 5.73 Å². The summed E-state index contributed by atoms with van der Waals surface area (Å²) in [5, 5.41) is 0. The molecule has 1 aliphatic rings. The van der Waals surface area contributed by atoms with Crippen LogP contribution in [0, 0.1) is 0 Å². The van der Waals surface area contributed by atoms with Gasteiger partial charge in [0, 0.05) is 20.2 Å². The Hall–Kier alpha value is -0.810. The van der Waals surface area contributed by atoms with E-state index in [0.717, 1.165) is 6.42 Å². The molecule has 1 heterocycles. The van der Waals surface area contributed by atoms with Gasteiger partial charge in [0.2, 0.25) is 0 Å². The van der Waals surface area contributed by atoms with Crippen molar-refractivity contribution in [3.63, 3.8) is 0 Å². The molecule has 5 heteroatoms. The summed E-state index contributed by atoms with van der Waals surface area (Å²) in [7, 11) is 1.66. The minimum atomic E-state index is -0.595. The molecule has 0 aromatic heterocycles. The Morgan fingerprint density at radius 3 is 2.73 bits per heavy atom. The van der Waals surface area contributed by atoms with Crippen molar-refractivity contribution < 1.29 is 14.3 Å². The summed E-state index contributed by atoms with van der Waals surface area (Å²) in [6, 6.07) is 0. The summed E-state index contributed by atoms with van der Waals surface area (Å²) in [5.41, 5.74) is 4.89. The van der Waals surface area contributed by atoms with E-state index in [0.29, 0.717) is 19.6 Å². The minimum Gasteiger partial charge on any atom is -0.442 e. The summed E-state index contributed by atoms with van der Waals surface area (Å²) in [5.74, 6) is 0. The topological polar surface area (TPSA) is 64.8 Å². The number of likely N-dealkylation sites (tertiary alicyclic amines) is 1. The maximum absolute atomic E-state index is 11.7. The molecule has 0 saturated carbocycles. The van der Waals surface area contributed by atoms with Gasteiger partial charge in [-0.3, -0.25) is 0 Å². The third-order valence-electron chi connectivity index (χ3n) is 2.59. The van der Waals surface area contributed by atoms with Gasteiger partial charge in [-0.15, -0.1) is 0 Å². The first-order chi connectivity index (χ1) is 6.98. The summed E-state index contributed by atoms with van der Waals surface area (Å²) in [6.45, 7) is 5.22. The molecule has 1 atom stereocenters. The molecule has 1 rings (SSSR count). The van der Waals surface area contributed by atoms with Gasteiger partial charge in [0.1, 0.15) is 5.60 Å². The molecule has 0 radical (unpaired) electrons. The Balaban J connectivity index is 2.42. The molecular formula is C10H20N2O3. The number of carbonyl (C=O) groups is 1. The first-order valence-electron chi connectivity index (χ1n) is 5.19. The Morgan fingerprint density at radius 1 is 1.60 bits per heavy atom. The normalized spacial score (nSPS) is 21.9. The van der Waals surface area contributed by atoms with Crippen molar-refractivity contribution in [2.45, 2.75) is 32.0 Å². The molecule has 1 unspecified atom stereocenters. The van der Waals surface area contributed by atoms with Crippen LogP contribution in [-0.4, -0.2) is 49.4 Å². The van der Waals surface area contributed by atoms with Crippen LogP contribution < -0.4 is 5.73 Å². The minimum absolute atomic E-state index is 0.138. The number of carbonyl (C=O) groups excluding carboxylic acids is 1. The van der Waals surface area contributed by atoms with Crippen molar-refractivity contribution >= 4 is 6.09 Å². The van der Waals surface area contributed by atoms with Crippen molar-refractivity contribution in [3.8, 4) is 0 Å². The van der Waals surface area contributed by atoms with E-state index in [1.165, 1.54) is 0 Å². The van der Waals surface area contributed by atoms with Crippen molar-refractivity contribution in [3.05, 3.63) is 0 Å². The molecule has 0 spiro atoms. The molecule has 1 amide bonds. The summed E-state index contributed by atoms with van der Waals surface area (Å²) in [6.07, 6.45) is 0.706. The van der Waals surface area contributed by atoms with E-state index in [1.807, 2.05) is 0 Å². The third kappa shape index (κ3) is 3.35. The fraction of sp³-hybridized carbons (Fsp3) is 0.900. The summed E-state index contributed by atoms with van der Waals surface area (Å²) in [4.78, 5) is 13.3. The second-order valence-electron chi connectivity index (χ2n) is 4.42. The van der Waals surface area contributed by atoms with Crippen molar-refractivity contribution in [1.29, 1.82) is 0 Å². The lowest BCUT2D eigenvalue weighted by Gasteiger charge is -2.26. The lowest BCUT2D eigenvalue weighted by Crippen LogP contribution is -2.41.